The van der Waals surface area contributed by atoms with Gasteiger partial charge in [-0.05, 0) is 44.6 Å². The predicted octanol–water partition coefficient (Wildman–Crippen LogP) is 3.68. The highest BCUT2D eigenvalue weighted by atomic mass is 16.6. The van der Waals surface area contributed by atoms with Gasteiger partial charge in [0.2, 0.25) is 5.82 Å². The van der Waals surface area contributed by atoms with Crippen molar-refractivity contribution in [2.24, 2.45) is 5.92 Å². The largest absolute Gasteiger partial charge is 0.362 e. The average molecular weight is 263 g/mol. The van der Waals surface area contributed by atoms with Crippen LogP contribution in [0.3, 0.4) is 0 Å². The number of nitrogens with zero attached hydrogens (tertiary/aromatic N) is 2. The third kappa shape index (κ3) is 3.43. The minimum absolute atomic E-state index is 0.0724. The van der Waals surface area contributed by atoms with E-state index in [4.69, 9.17) is 0 Å². The summed E-state index contributed by atoms with van der Waals surface area (Å²) in [7, 11) is 0. The Kier molecular flexibility index (Phi) is 4.35. The molecule has 0 saturated heterocycles. The molecule has 0 aliphatic heterocycles. The fraction of sp³-hybridized carbons (Fsp3) is 0.643. The monoisotopic (exact) mass is 263 g/mol. The number of aromatic nitrogens is 1. The van der Waals surface area contributed by atoms with Crippen molar-refractivity contribution in [2.75, 3.05) is 5.32 Å². The quantitative estimate of drug-likeness (QED) is 0.664. The van der Waals surface area contributed by atoms with Gasteiger partial charge in [0.25, 0.3) is 0 Å². The average Bonchev–Trinajstić information content (AvgIpc) is 2.39. The summed E-state index contributed by atoms with van der Waals surface area (Å²) in [6, 6.07) is 3.52. The van der Waals surface area contributed by atoms with E-state index in [2.05, 4.69) is 17.2 Å². The fourth-order valence-corrected chi connectivity index (χ4v) is 2.71. The van der Waals surface area contributed by atoms with Gasteiger partial charge in [-0.2, -0.15) is 0 Å². The lowest BCUT2D eigenvalue weighted by molar-refractivity contribution is -0.384. The minimum atomic E-state index is -0.369. The molecule has 1 aliphatic rings. The number of rotatable bonds is 4. The number of hydrogen-bond acceptors (Lipinski definition) is 4. The predicted molar refractivity (Wildman–Crippen MR) is 75.3 cm³/mol. The summed E-state index contributed by atoms with van der Waals surface area (Å²) < 4.78 is 0. The zero-order valence-electron chi connectivity index (χ0n) is 11.6. The van der Waals surface area contributed by atoms with Crippen molar-refractivity contribution in [3.8, 4) is 0 Å². The van der Waals surface area contributed by atoms with Gasteiger partial charge in [0.05, 0.1) is 4.92 Å². The maximum Gasteiger partial charge on any atom is 0.311 e. The summed E-state index contributed by atoms with van der Waals surface area (Å²) in [6.07, 6.45) is 5.79. The van der Waals surface area contributed by atoms with Gasteiger partial charge < -0.3 is 5.32 Å². The first kappa shape index (κ1) is 13.8. The molecular weight excluding hydrogens is 242 g/mol. The Labute approximate surface area is 113 Å². The highest BCUT2D eigenvalue weighted by Gasteiger charge is 2.23. The highest BCUT2D eigenvalue weighted by molar-refractivity contribution is 5.56. The Bertz CT molecular complexity index is 454. The Balaban J connectivity index is 2.06. The maximum atomic E-state index is 11.0. The van der Waals surface area contributed by atoms with Crippen molar-refractivity contribution in [1.82, 2.24) is 4.98 Å². The second-order valence-corrected chi connectivity index (χ2v) is 5.35. The standard InChI is InChI=1S/C14H21N3O2/c1-3-11-5-7-12(8-6-11)16-14-13(17(18)19)9-4-10(2)15-14/h4,9,11-12H,3,5-8H2,1-2H3,(H,15,16). The van der Waals surface area contributed by atoms with Gasteiger partial charge in [0.15, 0.2) is 0 Å². The van der Waals surface area contributed by atoms with E-state index in [0.29, 0.717) is 11.9 Å². The second-order valence-electron chi connectivity index (χ2n) is 5.35. The molecule has 1 heterocycles. The molecule has 0 spiro atoms. The van der Waals surface area contributed by atoms with E-state index in [0.717, 1.165) is 24.5 Å². The first-order valence-electron chi connectivity index (χ1n) is 6.98. The summed E-state index contributed by atoms with van der Waals surface area (Å²) >= 11 is 0. The lowest BCUT2D eigenvalue weighted by Crippen LogP contribution is -2.26. The molecule has 1 aromatic rings. The van der Waals surface area contributed by atoms with Crippen LogP contribution >= 0.6 is 0 Å². The molecule has 0 unspecified atom stereocenters. The number of anilines is 1. The molecule has 5 heteroatoms. The molecule has 0 bridgehead atoms. The van der Waals surface area contributed by atoms with Crippen LogP contribution in [0.25, 0.3) is 0 Å². The fourth-order valence-electron chi connectivity index (χ4n) is 2.71. The molecule has 1 saturated carbocycles. The van der Waals surface area contributed by atoms with Crippen LogP contribution in [0.1, 0.15) is 44.7 Å². The summed E-state index contributed by atoms with van der Waals surface area (Å²) in [5, 5.41) is 14.3. The zero-order chi connectivity index (χ0) is 13.8. The van der Waals surface area contributed by atoms with Crippen LogP contribution in [0.4, 0.5) is 11.5 Å². The molecule has 0 atom stereocenters. The third-order valence-corrected chi connectivity index (χ3v) is 3.97. The number of pyridine rings is 1. The van der Waals surface area contributed by atoms with Crippen LogP contribution in [0, 0.1) is 23.0 Å². The Morgan fingerprint density at radius 1 is 1.37 bits per heavy atom. The van der Waals surface area contributed by atoms with Gasteiger partial charge in [-0.15, -0.1) is 0 Å². The summed E-state index contributed by atoms with van der Waals surface area (Å²) in [5.74, 6) is 1.24. The lowest BCUT2D eigenvalue weighted by Gasteiger charge is -2.28. The van der Waals surface area contributed by atoms with Gasteiger partial charge in [0.1, 0.15) is 0 Å². The van der Waals surface area contributed by atoms with Crippen molar-refractivity contribution < 1.29 is 4.92 Å². The molecule has 5 nitrogen and oxygen atoms in total. The van der Waals surface area contributed by atoms with E-state index >= 15 is 0 Å². The molecule has 19 heavy (non-hydrogen) atoms. The summed E-state index contributed by atoms with van der Waals surface area (Å²) in [5.41, 5.74) is 0.874. The van der Waals surface area contributed by atoms with Gasteiger partial charge in [0, 0.05) is 17.8 Å². The van der Waals surface area contributed by atoms with Crippen LogP contribution in [0.15, 0.2) is 12.1 Å². The Morgan fingerprint density at radius 3 is 2.63 bits per heavy atom. The van der Waals surface area contributed by atoms with Gasteiger partial charge >= 0.3 is 5.69 Å². The van der Waals surface area contributed by atoms with Crippen molar-refractivity contribution in [3.05, 3.63) is 27.9 Å². The first-order valence-corrected chi connectivity index (χ1v) is 6.98. The second kappa shape index (κ2) is 5.99. The number of nitrogens with one attached hydrogen (secondary N) is 1. The van der Waals surface area contributed by atoms with Crippen molar-refractivity contribution in [1.29, 1.82) is 0 Å². The third-order valence-electron chi connectivity index (χ3n) is 3.97. The van der Waals surface area contributed by atoms with E-state index < -0.39 is 0 Å². The maximum absolute atomic E-state index is 11.0. The van der Waals surface area contributed by atoms with E-state index in [9.17, 15) is 10.1 Å². The van der Waals surface area contributed by atoms with Crippen molar-refractivity contribution in [2.45, 2.75) is 52.0 Å². The molecule has 0 amide bonds. The molecule has 1 N–H and O–H groups in total. The molecule has 1 aromatic heterocycles. The van der Waals surface area contributed by atoms with Gasteiger partial charge in [-0.3, -0.25) is 10.1 Å². The molecule has 1 aliphatic carbocycles. The minimum Gasteiger partial charge on any atom is -0.362 e. The highest BCUT2D eigenvalue weighted by Crippen LogP contribution is 2.30. The van der Waals surface area contributed by atoms with Crippen molar-refractivity contribution in [3.63, 3.8) is 0 Å². The Hall–Kier alpha value is -1.65. The van der Waals surface area contributed by atoms with Gasteiger partial charge in [-0.25, -0.2) is 4.98 Å². The SMILES string of the molecule is CCC1CCC(Nc2nc(C)ccc2[N+](=O)[O-])CC1. The Morgan fingerprint density at radius 2 is 2.05 bits per heavy atom. The number of aryl methyl sites for hydroxylation is 1. The number of hydrogen-bond donors (Lipinski definition) is 1. The van der Waals surface area contributed by atoms with E-state index in [1.54, 1.807) is 6.07 Å². The first-order chi connectivity index (χ1) is 9.10. The van der Waals surface area contributed by atoms with Gasteiger partial charge in [-0.1, -0.05) is 13.3 Å². The van der Waals surface area contributed by atoms with Crippen LogP contribution in [0.5, 0.6) is 0 Å². The van der Waals surface area contributed by atoms with E-state index in [-0.39, 0.29) is 10.6 Å². The topological polar surface area (TPSA) is 68.1 Å². The molecule has 1 fully saturated rings. The van der Waals surface area contributed by atoms with Crippen LogP contribution in [-0.2, 0) is 0 Å². The normalized spacial score (nSPS) is 23.1. The molecule has 2 rings (SSSR count). The summed E-state index contributed by atoms with van der Waals surface area (Å²) in [6.45, 7) is 4.08. The molecule has 104 valence electrons. The van der Waals surface area contributed by atoms with Crippen LogP contribution in [0.2, 0.25) is 0 Å². The van der Waals surface area contributed by atoms with E-state index in [1.807, 2.05) is 6.92 Å². The van der Waals surface area contributed by atoms with Crippen molar-refractivity contribution >= 4 is 11.5 Å². The molecular formula is C14H21N3O2. The molecule has 0 aromatic carbocycles. The lowest BCUT2D eigenvalue weighted by atomic mass is 9.84. The smallest absolute Gasteiger partial charge is 0.311 e. The van der Waals surface area contributed by atoms with Crippen LogP contribution in [-0.4, -0.2) is 15.9 Å². The zero-order valence-corrected chi connectivity index (χ0v) is 11.6. The van der Waals surface area contributed by atoms with Crippen LogP contribution < -0.4 is 5.32 Å². The molecule has 0 radical (unpaired) electrons. The number of nitro groups is 1. The van der Waals surface area contributed by atoms with E-state index in [1.165, 1.54) is 25.3 Å². The summed E-state index contributed by atoms with van der Waals surface area (Å²) in [4.78, 5) is 14.9.